The first-order valence-corrected chi connectivity index (χ1v) is 10.6. The molecular weight excluding hydrogens is 476 g/mol. The number of benzene rings is 2. The van der Waals surface area contributed by atoms with Gasteiger partial charge in [-0.1, -0.05) is 0 Å². The lowest BCUT2D eigenvalue weighted by molar-refractivity contribution is -0.123. The van der Waals surface area contributed by atoms with Crippen molar-refractivity contribution < 1.29 is 32.6 Å². The summed E-state index contributed by atoms with van der Waals surface area (Å²) >= 11 is 0. The summed E-state index contributed by atoms with van der Waals surface area (Å²) in [4.78, 5) is 43.7. The van der Waals surface area contributed by atoms with Gasteiger partial charge < -0.3 is 20.1 Å². The number of carbonyl (C=O) groups is 3. The van der Waals surface area contributed by atoms with Gasteiger partial charge in [0.2, 0.25) is 17.7 Å². The Bertz CT molecular complexity index is 1260. The van der Waals surface area contributed by atoms with E-state index in [9.17, 15) is 23.2 Å². The minimum absolute atomic E-state index is 0.0517. The molecule has 0 saturated carbocycles. The zero-order valence-electron chi connectivity index (χ0n) is 19.6. The number of ether oxygens (including phenoxy) is 2. The lowest BCUT2D eigenvalue weighted by Gasteiger charge is -2.19. The zero-order valence-corrected chi connectivity index (χ0v) is 19.6. The molecule has 0 bridgehead atoms. The monoisotopic (exact) mass is 499 g/mol. The predicted octanol–water partition coefficient (Wildman–Crippen LogP) is 4.86. The van der Waals surface area contributed by atoms with E-state index in [0.29, 0.717) is 5.69 Å². The van der Waals surface area contributed by atoms with E-state index in [1.807, 2.05) is 0 Å². The van der Waals surface area contributed by atoms with Crippen LogP contribution in [0.1, 0.15) is 27.2 Å². The normalized spacial score (nSPS) is 10.8. The Labute approximate surface area is 205 Å². The van der Waals surface area contributed by atoms with Gasteiger partial charge in [-0.2, -0.15) is 0 Å². The van der Waals surface area contributed by atoms with Crippen LogP contribution in [-0.2, 0) is 14.3 Å². The number of hydrogen-bond donors (Lipinski definition) is 3. The molecule has 0 aliphatic carbocycles. The minimum atomic E-state index is -0.816. The largest absolute Gasteiger partial charge is 0.444 e. The number of nitrogens with one attached hydrogen (secondary N) is 3. The predicted molar refractivity (Wildman–Crippen MR) is 127 cm³/mol. The van der Waals surface area contributed by atoms with E-state index in [1.54, 1.807) is 20.8 Å². The molecule has 2 aromatic carbocycles. The van der Waals surface area contributed by atoms with Crippen LogP contribution in [0.3, 0.4) is 0 Å². The maximum atomic E-state index is 14.5. The fourth-order valence-electron chi connectivity index (χ4n) is 2.74. The van der Waals surface area contributed by atoms with E-state index in [1.165, 1.54) is 42.5 Å². The van der Waals surface area contributed by atoms with Crippen molar-refractivity contribution in [1.29, 1.82) is 0 Å². The van der Waals surface area contributed by atoms with Crippen LogP contribution in [0, 0.1) is 11.6 Å². The smallest absolute Gasteiger partial charge is 0.413 e. The second-order valence-electron chi connectivity index (χ2n) is 8.40. The summed E-state index contributed by atoms with van der Waals surface area (Å²) in [6.45, 7) is 5.12. The van der Waals surface area contributed by atoms with Gasteiger partial charge >= 0.3 is 6.09 Å². The Morgan fingerprint density at radius 1 is 0.861 bits per heavy atom. The first-order valence-electron chi connectivity index (χ1n) is 10.6. The van der Waals surface area contributed by atoms with Gasteiger partial charge in [0.15, 0.2) is 11.6 Å². The summed E-state index contributed by atoms with van der Waals surface area (Å²) < 4.78 is 38.0. The molecule has 3 rings (SSSR count). The van der Waals surface area contributed by atoms with E-state index in [-0.39, 0.29) is 23.1 Å². The van der Waals surface area contributed by atoms with Gasteiger partial charge in [0.05, 0.1) is 0 Å². The van der Waals surface area contributed by atoms with Crippen LogP contribution in [0.15, 0.2) is 54.9 Å². The third-order valence-corrected chi connectivity index (χ3v) is 4.15. The Hall–Kier alpha value is -4.61. The SMILES string of the molecule is CC(C)(C)OC(=O)Nc1cc(Oc2ccc(NC(=O)CC(=O)Nc3ccc(F)cc3)cc2F)ncn1. The fraction of sp³-hybridized carbons (Fsp3) is 0.208. The van der Waals surface area contributed by atoms with Gasteiger partial charge in [0, 0.05) is 23.5 Å². The number of anilines is 3. The summed E-state index contributed by atoms with van der Waals surface area (Å²) in [7, 11) is 0. The third-order valence-electron chi connectivity index (χ3n) is 4.15. The molecule has 0 aliphatic rings. The van der Waals surface area contributed by atoms with Crippen molar-refractivity contribution in [3.05, 3.63) is 66.5 Å². The lowest BCUT2D eigenvalue weighted by Crippen LogP contribution is -2.27. The highest BCUT2D eigenvalue weighted by molar-refractivity contribution is 6.08. The molecule has 36 heavy (non-hydrogen) atoms. The second-order valence-corrected chi connectivity index (χ2v) is 8.40. The number of aromatic nitrogens is 2. The van der Waals surface area contributed by atoms with Crippen molar-refractivity contribution in [2.75, 3.05) is 16.0 Å². The number of nitrogens with zero attached hydrogens (tertiary/aromatic N) is 2. The average Bonchev–Trinajstić information content (AvgIpc) is 2.76. The molecule has 1 heterocycles. The average molecular weight is 499 g/mol. The Morgan fingerprint density at radius 3 is 2.14 bits per heavy atom. The van der Waals surface area contributed by atoms with Crippen LogP contribution in [0.4, 0.5) is 30.8 Å². The van der Waals surface area contributed by atoms with Gasteiger partial charge in [0.1, 0.15) is 30.0 Å². The molecule has 10 nitrogen and oxygen atoms in total. The molecule has 0 radical (unpaired) electrons. The summed E-state index contributed by atoms with van der Waals surface area (Å²) in [5.41, 5.74) is -0.284. The van der Waals surface area contributed by atoms with E-state index in [0.717, 1.165) is 12.4 Å². The van der Waals surface area contributed by atoms with Crippen LogP contribution in [-0.4, -0.2) is 33.5 Å². The molecule has 3 amide bonds. The molecule has 1 aromatic heterocycles. The van der Waals surface area contributed by atoms with Gasteiger partial charge in [-0.3, -0.25) is 14.9 Å². The van der Waals surface area contributed by atoms with E-state index in [2.05, 4.69) is 25.9 Å². The van der Waals surface area contributed by atoms with Gasteiger partial charge in [-0.05, 0) is 57.2 Å². The lowest BCUT2D eigenvalue weighted by atomic mass is 10.2. The number of rotatable bonds is 7. The minimum Gasteiger partial charge on any atom is -0.444 e. The molecule has 0 fully saturated rings. The van der Waals surface area contributed by atoms with Crippen LogP contribution in [0.25, 0.3) is 0 Å². The molecule has 188 valence electrons. The topological polar surface area (TPSA) is 132 Å². The molecule has 3 N–H and O–H groups in total. The van der Waals surface area contributed by atoms with Crippen LogP contribution in [0.5, 0.6) is 11.6 Å². The van der Waals surface area contributed by atoms with E-state index >= 15 is 0 Å². The summed E-state index contributed by atoms with van der Waals surface area (Å²) in [6, 6.07) is 9.96. The standard InChI is InChI=1S/C24H23F2N5O5/c1-24(2,3)36-23(34)31-19-11-22(28-13-27-19)35-18-9-8-16(10-17(18)26)30-21(33)12-20(32)29-15-6-4-14(25)5-7-15/h4-11,13H,12H2,1-3H3,(H,29,32)(H,30,33)(H,27,28,31,34). The van der Waals surface area contributed by atoms with E-state index in [4.69, 9.17) is 9.47 Å². The zero-order chi connectivity index (χ0) is 26.3. The Kier molecular flexibility index (Phi) is 8.10. The maximum Gasteiger partial charge on any atom is 0.413 e. The summed E-state index contributed by atoms with van der Waals surface area (Å²) in [5, 5.41) is 7.28. The number of amides is 3. The van der Waals surface area contributed by atoms with Gasteiger partial charge in [0.25, 0.3) is 0 Å². The molecule has 12 heteroatoms. The highest BCUT2D eigenvalue weighted by atomic mass is 19.1. The van der Waals surface area contributed by atoms with Crippen molar-refractivity contribution in [2.24, 2.45) is 0 Å². The first-order chi connectivity index (χ1) is 17.0. The number of carbonyl (C=O) groups excluding carboxylic acids is 3. The quantitative estimate of drug-likeness (QED) is 0.396. The number of halogens is 2. The van der Waals surface area contributed by atoms with Gasteiger partial charge in [-0.15, -0.1) is 0 Å². The molecule has 0 saturated heterocycles. The second kappa shape index (κ2) is 11.2. The van der Waals surface area contributed by atoms with Crippen molar-refractivity contribution in [1.82, 2.24) is 9.97 Å². The highest BCUT2D eigenvalue weighted by Gasteiger charge is 2.17. The van der Waals surface area contributed by atoms with Crippen LogP contribution in [0.2, 0.25) is 0 Å². The Balaban J connectivity index is 1.56. The number of hydrogen-bond acceptors (Lipinski definition) is 7. The molecule has 0 atom stereocenters. The Morgan fingerprint density at radius 2 is 1.50 bits per heavy atom. The van der Waals surface area contributed by atoms with Crippen molar-refractivity contribution >= 4 is 35.1 Å². The maximum absolute atomic E-state index is 14.5. The van der Waals surface area contributed by atoms with Crippen LogP contribution >= 0.6 is 0 Å². The third kappa shape index (κ3) is 8.31. The van der Waals surface area contributed by atoms with Crippen molar-refractivity contribution in [2.45, 2.75) is 32.8 Å². The van der Waals surface area contributed by atoms with Gasteiger partial charge in [-0.25, -0.2) is 23.5 Å². The summed E-state index contributed by atoms with van der Waals surface area (Å²) in [6.07, 6.45) is -0.151. The summed E-state index contributed by atoms with van der Waals surface area (Å²) in [5.74, 6) is -2.76. The molecular formula is C24H23F2N5O5. The highest BCUT2D eigenvalue weighted by Crippen LogP contribution is 2.26. The van der Waals surface area contributed by atoms with Crippen molar-refractivity contribution in [3.63, 3.8) is 0 Å². The van der Waals surface area contributed by atoms with Crippen molar-refractivity contribution in [3.8, 4) is 11.6 Å². The fourth-order valence-corrected chi connectivity index (χ4v) is 2.74. The first kappa shape index (κ1) is 26.0. The van der Waals surface area contributed by atoms with Crippen LogP contribution < -0.4 is 20.7 Å². The molecule has 0 aliphatic heterocycles. The van der Waals surface area contributed by atoms with E-state index < -0.39 is 41.6 Å². The molecule has 0 unspecified atom stereocenters. The molecule has 0 spiro atoms. The molecule has 3 aromatic rings.